The second-order valence-corrected chi connectivity index (χ2v) is 4.07. The lowest BCUT2D eigenvalue weighted by Gasteiger charge is -2.43. The molecule has 0 aromatic carbocycles. The van der Waals surface area contributed by atoms with Gasteiger partial charge in [-0.1, -0.05) is 5.11 Å². The second-order valence-electron chi connectivity index (χ2n) is 4.07. The molecule has 2 aliphatic heterocycles. The predicted octanol–water partition coefficient (Wildman–Crippen LogP) is -0.187. The highest BCUT2D eigenvalue weighted by molar-refractivity contribution is 5.07. The number of fused-ring (bicyclic) bond motifs is 2. The topological polar surface area (TPSA) is 106 Å². The van der Waals surface area contributed by atoms with Gasteiger partial charge < -0.3 is 24.1 Å². The zero-order valence-electron chi connectivity index (χ0n) is 9.65. The largest absolute Gasteiger partial charge is 0.393 e. The van der Waals surface area contributed by atoms with Crippen LogP contribution in [0.1, 0.15) is 0 Å². The summed E-state index contributed by atoms with van der Waals surface area (Å²) < 4.78 is 21.6. The number of aliphatic hydroxyl groups excluding tert-OH is 1. The summed E-state index contributed by atoms with van der Waals surface area (Å²) in [5.41, 5.74) is 7.60. The molecule has 2 rings (SSSR count). The van der Waals surface area contributed by atoms with E-state index in [1.807, 2.05) is 0 Å². The standard InChI is InChI=1S/C9H15N3O5/c1-14-6-5(11-12-10)8-16-4-9(3-13,17-8)7(6)15-2/h5-8,13H,3-4H2,1-2H3/t5-,6-,7-,8+,9+/m1/s1. The van der Waals surface area contributed by atoms with Crippen LogP contribution in [-0.2, 0) is 18.9 Å². The maximum Gasteiger partial charge on any atom is 0.169 e. The molecule has 0 aliphatic carbocycles. The van der Waals surface area contributed by atoms with Gasteiger partial charge in [0.25, 0.3) is 0 Å². The van der Waals surface area contributed by atoms with Gasteiger partial charge in [-0.2, -0.15) is 0 Å². The van der Waals surface area contributed by atoms with Gasteiger partial charge in [0, 0.05) is 19.1 Å². The molecule has 2 aliphatic rings. The number of methoxy groups -OCH3 is 2. The fraction of sp³-hybridized carbons (Fsp3) is 1.00. The van der Waals surface area contributed by atoms with Gasteiger partial charge in [0.05, 0.1) is 19.3 Å². The molecule has 5 atom stereocenters. The Morgan fingerprint density at radius 3 is 2.82 bits per heavy atom. The minimum absolute atomic E-state index is 0.185. The zero-order chi connectivity index (χ0) is 12.5. The van der Waals surface area contributed by atoms with Crippen molar-refractivity contribution < 1.29 is 24.1 Å². The molecule has 0 saturated carbocycles. The lowest BCUT2D eigenvalue weighted by Crippen LogP contribution is -2.63. The summed E-state index contributed by atoms with van der Waals surface area (Å²) >= 11 is 0. The molecule has 0 unspecified atom stereocenters. The molecule has 0 radical (unpaired) electrons. The Morgan fingerprint density at radius 1 is 1.53 bits per heavy atom. The average molecular weight is 245 g/mol. The molecular weight excluding hydrogens is 230 g/mol. The Labute approximate surface area is 98.0 Å². The number of rotatable bonds is 4. The zero-order valence-corrected chi connectivity index (χ0v) is 9.65. The number of aliphatic hydroxyl groups is 1. The van der Waals surface area contributed by atoms with Crippen LogP contribution >= 0.6 is 0 Å². The molecule has 8 nitrogen and oxygen atoms in total. The third kappa shape index (κ3) is 1.79. The van der Waals surface area contributed by atoms with Crippen LogP contribution in [0.4, 0.5) is 0 Å². The molecule has 0 aromatic heterocycles. The lowest BCUT2D eigenvalue weighted by molar-refractivity contribution is -0.240. The molecule has 17 heavy (non-hydrogen) atoms. The molecule has 1 N–H and O–H groups in total. The van der Waals surface area contributed by atoms with Gasteiger partial charge >= 0.3 is 0 Å². The van der Waals surface area contributed by atoms with Crippen molar-refractivity contribution >= 4 is 0 Å². The van der Waals surface area contributed by atoms with Gasteiger partial charge in [-0.15, -0.1) is 0 Å². The van der Waals surface area contributed by atoms with Gasteiger partial charge in [-0.25, -0.2) is 0 Å². The normalized spacial score (nSPS) is 44.4. The monoisotopic (exact) mass is 245 g/mol. The summed E-state index contributed by atoms with van der Waals surface area (Å²) in [6.45, 7) is -0.0607. The van der Waals surface area contributed by atoms with Crippen LogP contribution < -0.4 is 0 Å². The van der Waals surface area contributed by atoms with Gasteiger partial charge in [-0.3, -0.25) is 0 Å². The average Bonchev–Trinajstić information content (AvgIpc) is 2.74. The van der Waals surface area contributed by atoms with Crippen molar-refractivity contribution in [2.75, 3.05) is 27.4 Å². The van der Waals surface area contributed by atoms with E-state index in [-0.39, 0.29) is 13.2 Å². The highest BCUT2D eigenvalue weighted by atomic mass is 16.8. The summed E-state index contributed by atoms with van der Waals surface area (Å²) in [4.78, 5) is 2.76. The molecule has 2 heterocycles. The SMILES string of the molecule is CO[C@@H]1[C@@H](N=[N+]=[N-])[C@H]2OC[C@](CO)(O2)[C@@H]1OC. The number of nitrogens with zero attached hydrogens (tertiary/aromatic N) is 3. The Kier molecular flexibility index (Phi) is 3.53. The van der Waals surface area contributed by atoms with Crippen molar-refractivity contribution in [3.63, 3.8) is 0 Å². The van der Waals surface area contributed by atoms with Crippen LogP contribution in [0, 0.1) is 0 Å². The van der Waals surface area contributed by atoms with Gasteiger partial charge in [0.1, 0.15) is 17.7 Å². The molecule has 0 aromatic rings. The van der Waals surface area contributed by atoms with E-state index in [1.54, 1.807) is 0 Å². The summed E-state index contributed by atoms with van der Waals surface area (Å²) in [5, 5.41) is 13.1. The fourth-order valence-corrected chi connectivity index (χ4v) is 2.44. The fourth-order valence-electron chi connectivity index (χ4n) is 2.44. The molecule has 8 heteroatoms. The first-order chi connectivity index (χ1) is 8.22. The minimum Gasteiger partial charge on any atom is -0.393 e. The molecular formula is C9H15N3O5. The van der Waals surface area contributed by atoms with Crippen molar-refractivity contribution in [1.29, 1.82) is 0 Å². The first-order valence-electron chi connectivity index (χ1n) is 5.22. The van der Waals surface area contributed by atoms with Crippen LogP contribution in [0.25, 0.3) is 10.4 Å². The third-order valence-corrected chi connectivity index (χ3v) is 3.25. The van der Waals surface area contributed by atoms with Crippen LogP contribution in [0.15, 0.2) is 5.11 Å². The Morgan fingerprint density at radius 2 is 2.29 bits per heavy atom. The second kappa shape index (κ2) is 4.77. The molecule has 2 fully saturated rings. The molecule has 96 valence electrons. The van der Waals surface area contributed by atoms with Crippen LogP contribution in [-0.4, -0.2) is 62.7 Å². The van der Waals surface area contributed by atoms with Crippen LogP contribution in [0.5, 0.6) is 0 Å². The highest BCUT2D eigenvalue weighted by Gasteiger charge is 2.60. The number of azide groups is 1. The quantitative estimate of drug-likeness (QED) is 0.420. The number of ether oxygens (including phenoxy) is 4. The summed E-state index contributed by atoms with van der Waals surface area (Å²) in [7, 11) is 2.98. The van der Waals surface area contributed by atoms with Crippen molar-refractivity contribution in [2.24, 2.45) is 5.11 Å². The van der Waals surface area contributed by atoms with E-state index in [9.17, 15) is 5.11 Å². The van der Waals surface area contributed by atoms with Gasteiger partial charge in [0.15, 0.2) is 6.29 Å². The Bertz CT molecular complexity index is 335. The van der Waals surface area contributed by atoms with Gasteiger partial charge in [0.2, 0.25) is 0 Å². The van der Waals surface area contributed by atoms with E-state index in [0.29, 0.717) is 0 Å². The minimum atomic E-state index is -0.943. The summed E-state index contributed by atoms with van der Waals surface area (Å²) in [6.07, 6.45) is -1.76. The first kappa shape index (κ1) is 12.6. The molecule has 2 bridgehead atoms. The summed E-state index contributed by atoms with van der Waals surface area (Å²) in [5.74, 6) is 0. The van der Waals surface area contributed by atoms with Gasteiger partial charge in [-0.05, 0) is 5.53 Å². The van der Waals surface area contributed by atoms with E-state index < -0.39 is 30.1 Å². The van der Waals surface area contributed by atoms with Crippen molar-refractivity contribution in [3.05, 3.63) is 10.4 Å². The summed E-state index contributed by atoms with van der Waals surface area (Å²) in [6, 6.07) is -0.628. The Balaban J connectivity index is 2.34. The van der Waals surface area contributed by atoms with Crippen molar-refractivity contribution in [2.45, 2.75) is 30.1 Å². The van der Waals surface area contributed by atoms with E-state index in [2.05, 4.69) is 10.0 Å². The highest BCUT2D eigenvalue weighted by Crippen LogP contribution is 2.40. The van der Waals surface area contributed by atoms with E-state index >= 15 is 0 Å². The molecule has 2 saturated heterocycles. The number of hydrogen-bond donors (Lipinski definition) is 1. The Hall–Kier alpha value is -0.890. The van der Waals surface area contributed by atoms with Crippen LogP contribution in [0.3, 0.4) is 0 Å². The lowest BCUT2D eigenvalue weighted by atomic mass is 9.88. The van der Waals surface area contributed by atoms with E-state index in [1.165, 1.54) is 14.2 Å². The van der Waals surface area contributed by atoms with Crippen molar-refractivity contribution in [1.82, 2.24) is 0 Å². The predicted molar refractivity (Wildman–Crippen MR) is 55.2 cm³/mol. The van der Waals surface area contributed by atoms with Crippen molar-refractivity contribution in [3.8, 4) is 0 Å². The smallest absolute Gasteiger partial charge is 0.169 e. The van der Waals surface area contributed by atoms with E-state index in [0.717, 1.165) is 0 Å². The maximum absolute atomic E-state index is 9.46. The molecule has 0 spiro atoms. The number of hydrogen-bond acceptors (Lipinski definition) is 6. The first-order valence-corrected chi connectivity index (χ1v) is 5.22. The van der Waals surface area contributed by atoms with Crippen LogP contribution in [0.2, 0.25) is 0 Å². The molecule has 0 amide bonds. The van der Waals surface area contributed by atoms with E-state index in [4.69, 9.17) is 24.5 Å². The third-order valence-electron chi connectivity index (χ3n) is 3.25. The maximum atomic E-state index is 9.46.